The van der Waals surface area contributed by atoms with Crippen LogP contribution in [0.5, 0.6) is 0 Å². The molecular weight excluding hydrogens is 302 g/mol. The maximum absolute atomic E-state index is 11.7. The van der Waals surface area contributed by atoms with Crippen molar-refractivity contribution >= 4 is 24.2 Å². The zero-order valence-electron chi connectivity index (χ0n) is 12.6. The molecular formula is C16H24ClN3O2. The summed E-state index contributed by atoms with van der Waals surface area (Å²) in [4.78, 5) is 23.3. The van der Waals surface area contributed by atoms with Gasteiger partial charge in [0, 0.05) is 32.0 Å². The Labute approximate surface area is 137 Å². The zero-order valence-corrected chi connectivity index (χ0v) is 13.5. The van der Waals surface area contributed by atoms with Gasteiger partial charge in [-0.15, -0.1) is 12.4 Å². The van der Waals surface area contributed by atoms with E-state index < -0.39 is 0 Å². The molecule has 2 rings (SSSR count). The number of hydrogen-bond acceptors (Lipinski definition) is 3. The number of benzene rings is 1. The monoisotopic (exact) mass is 325 g/mol. The van der Waals surface area contributed by atoms with Gasteiger partial charge in [-0.25, -0.2) is 0 Å². The molecule has 0 spiro atoms. The highest BCUT2D eigenvalue weighted by atomic mass is 35.5. The maximum Gasteiger partial charge on any atom is 0.222 e. The van der Waals surface area contributed by atoms with Crippen molar-refractivity contribution in [1.82, 2.24) is 16.0 Å². The number of hydrogen-bond donors (Lipinski definition) is 3. The van der Waals surface area contributed by atoms with Gasteiger partial charge >= 0.3 is 0 Å². The number of halogens is 1. The average molecular weight is 326 g/mol. The van der Waals surface area contributed by atoms with Crippen molar-refractivity contribution in [1.29, 1.82) is 0 Å². The van der Waals surface area contributed by atoms with Crippen LogP contribution in [0, 0.1) is 0 Å². The molecule has 1 fully saturated rings. The third-order valence-electron chi connectivity index (χ3n) is 3.60. The van der Waals surface area contributed by atoms with Crippen molar-refractivity contribution in [2.45, 2.75) is 38.3 Å². The van der Waals surface area contributed by atoms with Crippen molar-refractivity contribution in [3.63, 3.8) is 0 Å². The first-order chi connectivity index (χ1) is 10.2. The van der Waals surface area contributed by atoms with Crippen LogP contribution in [0.1, 0.15) is 31.2 Å². The highest BCUT2D eigenvalue weighted by molar-refractivity contribution is 5.85. The van der Waals surface area contributed by atoms with Crippen LogP contribution in [-0.4, -0.2) is 30.9 Å². The van der Waals surface area contributed by atoms with Crippen molar-refractivity contribution in [2.24, 2.45) is 0 Å². The maximum atomic E-state index is 11.7. The normalized spacial score (nSPS) is 16.6. The van der Waals surface area contributed by atoms with Crippen LogP contribution >= 0.6 is 12.4 Å². The summed E-state index contributed by atoms with van der Waals surface area (Å²) in [5, 5.41) is 8.93. The number of carbonyl (C=O) groups excluding carboxylic acids is 2. The number of rotatable bonds is 7. The molecule has 0 saturated carbocycles. The number of carbonyl (C=O) groups is 2. The second kappa shape index (κ2) is 10.2. The van der Waals surface area contributed by atoms with E-state index in [2.05, 4.69) is 16.0 Å². The Bertz CT molecular complexity index is 462. The average Bonchev–Trinajstić information content (AvgIpc) is 2.99. The van der Waals surface area contributed by atoms with Crippen LogP contribution < -0.4 is 16.0 Å². The lowest BCUT2D eigenvalue weighted by Gasteiger charge is -2.10. The van der Waals surface area contributed by atoms with E-state index in [0.29, 0.717) is 32.0 Å². The van der Waals surface area contributed by atoms with Crippen LogP contribution in [0.3, 0.4) is 0 Å². The first-order valence-electron chi connectivity index (χ1n) is 7.55. The van der Waals surface area contributed by atoms with Crippen LogP contribution in [0.4, 0.5) is 0 Å². The third kappa shape index (κ3) is 6.91. The Morgan fingerprint density at radius 1 is 1.14 bits per heavy atom. The van der Waals surface area contributed by atoms with Gasteiger partial charge in [-0.05, 0) is 24.9 Å². The van der Waals surface area contributed by atoms with Gasteiger partial charge in [0.15, 0.2) is 0 Å². The molecule has 0 aliphatic carbocycles. The van der Waals surface area contributed by atoms with Gasteiger partial charge < -0.3 is 16.0 Å². The quantitative estimate of drug-likeness (QED) is 0.709. The molecule has 122 valence electrons. The minimum atomic E-state index is -0.0434. The Kier molecular flexibility index (Phi) is 8.55. The summed E-state index contributed by atoms with van der Waals surface area (Å²) in [6.07, 6.45) is 3.02. The predicted octanol–water partition coefficient (Wildman–Crippen LogP) is 1.37. The van der Waals surface area contributed by atoms with E-state index in [4.69, 9.17) is 0 Å². The van der Waals surface area contributed by atoms with Gasteiger partial charge in [-0.3, -0.25) is 9.59 Å². The van der Waals surface area contributed by atoms with Gasteiger partial charge in [0.2, 0.25) is 11.8 Å². The Morgan fingerprint density at radius 3 is 2.59 bits per heavy atom. The lowest BCUT2D eigenvalue weighted by atomic mass is 10.1. The van der Waals surface area contributed by atoms with Crippen LogP contribution in [-0.2, 0) is 16.1 Å². The summed E-state index contributed by atoms with van der Waals surface area (Å²) in [6, 6.07) is 10.1. The summed E-state index contributed by atoms with van der Waals surface area (Å²) < 4.78 is 0. The summed E-state index contributed by atoms with van der Waals surface area (Å²) >= 11 is 0. The molecule has 1 atom stereocenters. The van der Waals surface area contributed by atoms with Gasteiger partial charge in [0.25, 0.3) is 0 Å². The van der Waals surface area contributed by atoms with Gasteiger partial charge in [0.1, 0.15) is 0 Å². The molecule has 1 unspecified atom stereocenters. The highest BCUT2D eigenvalue weighted by Gasteiger charge is 2.17. The Balaban J connectivity index is 0.00000242. The molecule has 1 aromatic carbocycles. The Hall–Kier alpha value is -1.59. The van der Waals surface area contributed by atoms with Crippen LogP contribution in [0.25, 0.3) is 0 Å². The number of amides is 2. The molecule has 0 bridgehead atoms. The molecule has 22 heavy (non-hydrogen) atoms. The summed E-state index contributed by atoms with van der Waals surface area (Å²) in [5.74, 6) is -0.0246. The topological polar surface area (TPSA) is 70.2 Å². The molecule has 5 nitrogen and oxygen atoms in total. The first kappa shape index (κ1) is 18.5. The molecule has 0 radical (unpaired) electrons. The fourth-order valence-electron chi connectivity index (χ4n) is 2.43. The second-order valence-electron chi connectivity index (χ2n) is 5.36. The third-order valence-corrected chi connectivity index (χ3v) is 3.60. The van der Waals surface area contributed by atoms with E-state index in [1.54, 1.807) is 0 Å². The molecule has 1 saturated heterocycles. The number of nitrogens with one attached hydrogen (secondary N) is 3. The SMILES string of the molecule is Cl.O=C(CCNC(=O)CC1CCCN1)NCc1ccccc1. The van der Waals surface area contributed by atoms with Crippen LogP contribution in [0.15, 0.2) is 30.3 Å². The lowest BCUT2D eigenvalue weighted by Crippen LogP contribution is -2.34. The zero-order chi connectivity index (χ0) is 14.9. The van der Waals surface area contributed by atoms with E-state index in [9.17, 15) is 9.59 Å². The van der Waals surface area contributed by atoms with E-state index in [1.165, 1.54) is 0 Å². The molecule has 6 heteroatoms. The summed E-state index contributed by atoms with van der Waals surface area (Å²) in [7, 11) is 0. The second-order valence-corrected chi connectivity index (χ2v) is 5.36. The fourth-order valence-corrected chi connectivity index (χ4v) is 2.43. The molecule has 1 aliphatic heterocycles. The van der Waals surface area contributed by atoms with Crippen LogP contribution in [0.2, 0.25) is 0 Å². The van der Waals surface area contributed by atoms with E-state index in [0.717, 1.165) is 24.9 Å². The molecule has 1 aromatic rings. The van der Waals surface area contributed by atoms with Crippen molar-refractivity contribution < 1.29 is 9.59 Å². The largest absolute Gasteiger partial charge is 0.356 e. The van der Waals surface area contributed by atoms with E-state index in [-0.39, 0.29) is 24.2 Å². The smallest absolute Gasteiger partial charge is 0.222 e. The minimum absolute atomic E-state index is 0. The molecule has 3 N–H and O–H groups in total. The predicted molar refractivity (Wildman–Crippen MR) is 88.8 cm³/mol. The Morgan fingerprint density at radius 2 is 1.91 bits per heavy atom. The lowest BCUT2D eigenvalue weighted by molar-refractivity contribution is -0.122. The standard InChI is InChI=1S/C16H23N3O2.ClH/c20-15(19-12-13-5-2-1-3-6-13)8-10-18-16(21)11-14-7-4-9-17-14;/h1-3,5-6,14,17H,4,7-12H2,(H,18,21)(H,19,20);1H. The van der Waals surface area contributed by atoms with E-state index >= 15 is 0 Å². The van der Waals surface area contributed by atoms with E-state index in [1.807, 2.05) is 30.3 Å². The van der Waals surface area contributed by atoms with Crippen molar-refractivity contribution in [2.75, 3.05) is 13.1 Å². The summed E-state index contributed by atoms with van der Waals surface area (Å²) in [5.41, 5.74) is 1.07. The van der Waals surface area contributed by atoms with Gasteiger partial charge in [-0.1, -0.05) is 30.3 Å². The first-order valence-corrected chi connectivity index (χ1v) is 7.55. The van der Waals surface area contributed by atoms with Gasteiger partial charge in [-0.2, -0.15) is 0 Å². The molecule has 1 heterocycles. The fraction of sp³-hybridized carbons (Fsp3) is 0.500. The van der Waals surface area contributed by atoms with Crippen molar-refractivity contribution in [3.8, 4) is 0 Å². The van der Waals surface area contributed by atoms with Crippen molar-refractivity contribution in [3.05, 3.63) is 35.9 Å². The molecule has 2 amide bonds. The minimum Gasteiger partial charge on any atom is -0.356 e. The summed E-state index contributed by atoms with van der Waals surface area (Å²) in [6.45, 7) is 1.92. The highest BCUT2D eigenvalue weighted by Crippen LogP contribution is 2.08. The molecule has 1 aliphatic rings. The molecule has 0 aromatic heterocycles. The van der Waals surface area contributed by atoms with Gasteiger partial charge in [0.05, 0.1) is 0 Å².